The van der Waals surface area contributed by atoms with E-state index in [1.54, 1.807) is 6.20 Å². The lowest BCUT2D eigenvalue weighted by Gasteiger charge is -2.14. The van der Waals surface area contributed by atoms with Gasteiger partial charge in [-0.15, -0.1) is 0 Å². The van der Waals surface area contributed by atoms with Gasteiger partial charge in [-0.1, -0.05) is 34.1 Å². The Morgan fingerprint density at radius 3 is 2.88 bits per heavy atom. The van der Waals surface area contributed by atoms with Gasteiger partial charge in [0.25, 0.3) is 0 Å². The van der Waals surface area contributed by atoms with Crippen molar-refractivity contribution in [3.05, 3.63) is 52.5 Å². The number of hydrogen-bond donors (Lipinski definition) is 1. The average Bonchev–Trinajstić information content (AvgIpc) is 2.80. The van der Waals surface area contributed by atoms with Crippen LogP contribution in [0, 0.1) is 0 Å². The van der Waals surface area contributed by atoms with Gasteiger partial charge in [0.1, 0.15) is 5.82 Å². The summed E-state index contributed by atoms with van der Waals surface area (Å²) >= 11 is 3.54. The largest absolute Gasteiger partial charge is 0.334 e. The molecule has 0 aliphatic rings. The van der Waals surface area contributed by atoms with Gasteiger partial charge in [-0.25, -0.2) is 4.98 Å². The summed E-state index contributed by atoms with van der Waals surface area (Å²) in [5, 5.41) is 0. The lowest BCUT2D eigenvalue weighted by atomic mass is 10.1. The molecule has 90 valence electrons. The van der Waals surface area contributed by atoms with Crippen molar-refractivity contribution in [1.29, 1.82) is 0 Å². The fourth-order valence-electron chi connectivity index (χ4n) is 1.91. The molecule has 0 bridgehead atoms. The molecular formula is C13H16BrN3. The van der Waals surface area contributed by atoms with E-state index in [2.05, 4.69) is 38.5 Å². The number of halogens is 1. The zero-order valence-electron chi connectivity index (χ0n) is 9.81. The van der Waals surface area contributed by atoms with Crippen LogP contribution < -0.4 is 5.73 Å². The molecule has 4 heteroatoms. The number of imidazole rings is 1. The number of hydrogen-bond acceptors (Lipinski definition) is 2. The summed E-state index contributed by atoms with van der Waals surface area (Å²) in [6.07, 6.45) is 4.56. The monoisotopic (exact) mass is 293 g/mol. The minimum atomic E-state index is -0.0661. The Morgan fingerprint density at radius 1 is 1.41 bits per heavy atom. The smallest absolute Gasteiger partial charge is 0.125 e. The van der Waals surface area contributed by atoms with E-state index < -0.39 is 0 Å². The standard InChI is InChI=1S/C13H16BrN3/c1-2-17-8-7-16-13(17)12(15)9-10-5-3-4-6-11(10)14/h3-8,12H,2,9,15H2,1H3. The maximum atomic E-state index is 6.21. The maximum absolute atomic E-state index is 6.21. The summed E-state index contributed by atoms with van der Waals surface area (Å²) in [5.41, 5.74) is 7.43. The van der Waals surface area contributed by atoms with Crippen molar-refractivity contribution in [3.8, 4) is 0 Å². The lowest BCUT2D eigenvalue weighted by Crippen LogP contribution is -2.18. The van der Waals surface area contributed by atoms with Crippen LogP contribution >= 0.6 is 15.9 Å². The van der Waals surface area contributed by atoms with Gasteiger partial charge in [0, 0.05) is 23.4 Å². The number of nitrogens with two attached hydrogens (primary N) is 1. The number of aryl methyl sites for hydroxylation is 1. The Bertz CT molecular complexity index is 493. The van der Waals surface area contributed by atoms with Crippen LogP contribution in [0.5, 0.6) is 0 Å². The Kier molecular flexibility index (Phi) is 3.97. The molecule has 3 nitrogen and oxygen atoms in total. The summed E-state index contributed by atoms with van der Waals surface area (Å²) in [6.45, 7) is 3.00. The fraction of sp³-hybridized carbons (Fsp3) is 0.308. The van der Waals surface area contributed by atoms with E-state index in [4.69, 9.17) is 5.73 Å². The predicted molar refractivity (Wildman–Crippen MR) is 72.7 cm³/mol. The van der Waals surface area contributed by atoms with Gasteiger partial charge in [-0.2, -0.15) is 0 Å². The first-order valence-electron chi connectivity index (χ1n) is 5.72. The van der Waals surface area contributed by atoms with Crippen LogP contribution in [-0.2, 0) is 13.0 Å². The molecule has 0 aliphatic heterocycles. The van der Waals surface area contributed by atoms with E-state index in [1.807, 2.05) is 24.4 Å². The Morgan fingerprint density at radius 2 is 2.18 bits per heavy atom. The molecule has 0 saturated heterocycles. The topological polar surface area (TPSA) is 43.8 Å². The van der Waals surface area contributed by atoms with Crippen LogP contribution in [0.1, 0.15) is 24.4 Å². The van der Waals surface area contributed by atoms with Crippen molar-refractivity contribution in [1.82, 2.24) is 9.55 Å². The zero-order chi connectivity index (χ0) is 12.3. The molecule has 0 aliphatic carbocycles. The van der Waals surface area contributed by atoms with E-state index in [1.165, 1.54) is 5.56 Å². The molecule has 1 aromatic heterocycles. The second kappa shape index (κ2) is 5.47. The number of rotatable bonds is 4. The van der Waals surface area contributed by atoms with Crippen LogP contribution in [0.3, 0.4) is 0 Å². The van der Waals surface area contributed by atoms with Crippen molar-refractivity contribution >= 4 is 15.9 Å². The third-order valence-electron chi connectivity index (χ3n) is 2.82. The molecule has 2 N–H and O–H groups in total. The minimum Gasteiger partial charge on any atom is -0.334 e. The predicted octanol–water partition coefficient (Wildman–Crippen LogP) is 2.91. The van der Waals surface area contributed by atoms with Crippen LogP contribution in [0.25, 0.3) is 0 Å². The Hall–Kier alpha value is -1.13. The summed E-state index contributed by atoms with van der Waals surface area (Å²) in [5.74, 6) is 0.947. The summed E-state index contributed by atoms with van der Waals surface area (Å²) in [4.78, 5) is 4.34. The molecule has 1 atom stereocenters. The SMILES string of the molecule is CCn1ccnc1C(N)Cc1ccccc1Br. The van der Waals surface area contributed by atoms with Gasteiger partial charge in [0.15, 0.2) is 0 Å². The van der Waals surface area contributed by atoms with Gasteiger partial charge in [0.2, 0.25) is 0 Å². The zero-order valence-corrected chi connectivity index (χ0v) is 11.4. The first-order valence-corrected chi connectivity index (χ1v) is 6.51. The van der Waals surface area contributed by atoms with E-state index >= 15 is 0 Å². The van der Waals surface area contributed by atoms with Gasteiger partial charge in [-0.3, -0.25) is 0 Å². The van der Waals surface area contributed by atoms with Crippen LogP contribution in [0.2, 0.25) is 0 Å². The van der Waals surface area contributed by atoms with Gasteiger partial charge in [0.05, 0.1) is 6.04 Å². The maximum Gasteiger partial charge on any atom is 0.125 e. The highest BCUT2D eigenvalue weighted by Crippen LogP contribution is 2.21. The van der Waals surface area contributed by atoms with Crippen LogP contribution in [0.4, 0.5) is 0 Å². The number of nitrogens with zero attached hydrogens (tertiary/aromatic N) is 2. The molecule has 0 spiro atoms. The normalized spacial score (nSPS) is 12.6. The van der Waals surface area contributed by atoms with Crippen molar-refractivity contribution in [2.75, 3.05) is 0 Å². The molecular weight excluding hydrogens is 278 g/mol. The fourth-order valence-corrected chi connectivity index (χ4v) is 2.36. The number of benzene rings is 1. The first kappa shape index (κ1) is 12.3. The molecule has 0 amide bonds. The minimum absolute atomic E-state index is 0.0661. The summed E-state index contributed by atoms with van der Waals surface area (Å²) in [7, 11) is 0. The van der Waals surface area contributed by atoms with Crippen molar-refractivity contribution in [3.63, 3.8) is 0 Å². The third kappa shape index (κ3) is 2.76. The van der Waals surface area contributed by atoms with Crippen molar-refractivity contribution in [2.24, 2.45) is 5.73 Å². The Labute approximate surface area is 110 Å². The second-order valence-corrected chi connectivity index (χ2v) is 4.83. The van der Waals surface area contributed by atoms with Gasteiger partial charge < -0.3 is 10.3 Å². The van der Waals surface area contributed by atoms with E-state index in [0.29, 0.717) is 0 Å². The van der Waals surface area contributed by atoms with Gasteiger partial charge >= 0.3 is 0 Å². The Balaban J connectivity index is 2.17. The first-order chi connectivity index (χ1) is 8.22. The van der Waals surface area contributed by atoms with E-state index in [0.717, 1.165) is 23.3 Å². The molecule has 1 heterocycles. The molecule has 1 aromatic carbocycles. The highest BCUT2D eigenvalue weighted by Gasteiger charge is 2.13. The highest BCUT2D eigenvalue weighted by molar-refractivity contribution is 9.10. The molecule has 1 unspecified atom stereocenters. The highest BCUT2D eigenvalue weighted by atomic mass is 79.9. The molecule has 0 fully saturated rings. The molecule has 0 radical (unpaired) electrons. The average molecular weight is 294 g/mol. The molecule has 17 heavy (non-hydrogen) atoms. The lowest BCUT2D eigenvalue weighted by molar-refractivity contribution is 0.599. The van der Waals surface area contributed by atoms with Gasteiger partial charge in [-0.05, 0) is 25.0 Å². The van der Waals surface area contributed by atoms with E-state index in [-0.39, 0.29) is 6.04 Å². The van der Waals surface area contributed by atoms with Crippen LogP contribution in [-0.4, -0.2) is 9.55 Å². The summed E-state index contributed by atoms with van der Waals surface area (Å²) in [6, 6.07) is 8.09. The van der Waals surface area contributed by atoms with Crippen LogP contribution in [0.15, 0.2) is 41.1 Å². The van der Waals surface area contributed by atoms with E-state index in [9.17, 15) is 0 Å². The quantitative estimate of drug-likeness (QED) is 0.942. The third-order valence-corrected chi connectivity index (χ3v) is 3.59. The molecule has 0 saturated carbocycles. The summed E-state index contributed by atoms with van der Waals surface area (Å²) < 4.78 is 3.19. The molecule has 2 rings (SSSR count). The number of aromatic nitrogens is 2. The van der Waals surface area contributed by atoms with Crippen molar-refractivity contribution in [2.45, 2.75) is 25.9 Å². The molecule has 2 aromatic rings. The second-order valence-electron chi connectivity index (χ2n) is 3.97. The van der Waals surface area contributed by atoms with Crippen molar-refractivity contribution < 1.29 is 0 Å².